The average molecular weight is 318 g/mol. The van der Waals surface area contributed by atoms with Gasteiger partial charge in [-0.2, -0.15) is 0 Å². The summed E-state index contributed by atoms with van der Waals surface area (Å²) in [6.07, 6.45) is 1.07. The Balaban J connectivity index is 2.24. The highest BCUT2D eigenvalue weighted by atomic mass is 16.7. The van der Waals surface area contributed by atoms with Crippen LogP contribution in [0.3, 0.4) is 0 Å². The van der Waals surface area contributed by atoms with Crippen molar-refractivity contribution >= 4 is 6.09 Å². The fraction of sp³-hybridized carbons (Fsp3) is 0.933. The largest absolute Gasteiger partial charge is 0.444 e. The predicted molar refractivity (Wildman–Crippen MR) is 82.8 cm³/mol. The Morgan fingerprint density at radius 2 is 1.95 bits per heavy atom. The van der Waals surface area contributed by atoms with Crippen molar-refractivity contribution in [3.8, 4) is 0 Å². The Morgan fingerprint density at radius 1 is 1.27 bits per heavy atom. The third-order valence-electron chi connectivity index (χ3n) is 3.51. The van der Waals surface area contributed by atoms with Gasteiger partial charge in [-0.05, 0) is 33.7 Å². The van der Waals surface area contributed by atoms with Gasteiger partial charge >= 0.3 is 6.09 Å². The molecular weight excluding hydrogens is 288 g/mol. The second kappa shape index (κ2) is 8.67. The Bertz CT molecular complexity index is 339. The average Bonchev–Trinajstić information content (AvgIpc) is 2.45. The highest BCUT2D eigenvalue weighted by molar-refractivity contribution is 5.67. The molecule has 1 saturated heterocycles. The van der Waals surface area contributed by atoms with Crippen LogP contribution in [0.25, 0.3) is 0 Å². The van der Waals surface area contributed by atoms with E-state index in [2.05, 4.69) is 10.6 Å². The van der Waals surface area contributed by atoms with Gasteiger partial charge in [0.1, 0.15) is 5.60 Å². The first kappa shape index (κ1) is 19.2. The molecule has 1 atom stereocenters. The van der Waals surface area contributed by atoms with E-state index in [1.54, 1.807) is 14.2 Å². The minimum Gasteiger partial charge on any atom is -0.444 e. The molecule has 7 nitrogen and oxygen atoms in total. The van der Waals surface area contributed by atoms with E-state index in [-0.39, 0.29) is 6.04 Å². The van der Waals surface area contributed by atoms with Crippen molar-refractivity contribution in [1.82, 2.24) is 10.6 Å². The van der Waals surface area contributed by atoms with Gasteiger partial charge < -0.3 is 29.6 Å². The van der Waals surface area contributed by atoms with Gasteiger partial charge in [0, 0.05) is 27.2 Å². The van der Waals surface area contributed by atoms with Crippen LogP contribution in [0.4, 0.5) is 4.79 Å². The van der Waals surface area contributed by atoms with E-state index in [1.807, 2.05) is 20.8 Å². The first-order valence-electron chi connectivity index (χ1n) is 7.71. The number of hydrogen-bond donors (Lipinski definition) is 2. The standard InChI is InChI=1S/C15H30N2O5/c1-14(2,3)22-13(18)17-9-6-8-16-12-11-21-10-7-15(12,19-4)20-5/h12,16H,6-11H2,1-5H3,(H,17,18). The zero-order valence-corrected chi connectivity index (χ0v) is 14.4. The summed E-state index contributed by atoms with van der Waals surface area (Å²) in [7, 11) is 3.29. The highest BCUT2D eigenvalue weighted by Gasteiger charge is 2.41. The summed E-state index contributed by atoms with van der Waals surface area (Å²) < 4.78 is 21.7. The third kappa shape index (κ3) is 6.08. The van der Waals surface area contributed by atoms with E-state index in [0.29, 0.717) is 26.2 Å². The van der Waals surface area contributed by atoms with Crippen LogP contribution in [0.2, 0.25) is 0 Å². The molecule has 0 aromatic carbocycles. The number of carbonyl (C=O) groups excluding carboxylic acids is 1. The van der Waals surface area contributed by atoms with E-state index in [4.69, 9.17) is 18.9 Å². The second-order valence-corrected chi connectivity index (χ2v) is 6.33. The monoisotopic (exact) mass is 318 g/mol. The normalized spacial score (nSPS) is 21.4. The third-order valence-corrected chi connectivity index (χ3v) is 3.51. The molecule has 1 heterocycles. The van der Waals surface area contributed by atoms with E-state index in [0.717, 1.165) is 13.0 Å². The van der Waals surface area contributed by atoms with Crippen LogP contribution in [0, 0.1) is 0 Å². The van der Waals surface area contributed by atoms with Gasteiger partial charge in [0.15, 0.2) is 5.79 Å². The van der Waals surface area contributed by atoms with Crippen LogP contribution in [0.15, 0.2) is 0 Å². The van der Waals surface area contributed by atoms with Gasteiger partial charge in [-0.15, -0.1) is 0 Å². The Kier molecular flexibility index (Phi) is 7.55. The van der Waals surface area contributed by atoms with Crippen molar-refractivity contribution in [1.29, 1.82) is 0 Å². The molecule has 0 aromatic heterocycles. The number of alkyl carbamates (subject to hydrolysis) is 1. The maximum Gasteiger partial charge on any atom is 0.407 e. The smallest absolute Gasteiger partial charge is 0.407 e. The van der Waals surface area contributed by atoms with E-state index in [1.165, 1.54) is 0 Å². The molecule has 0 radical (unpaired) electrons. The van der Waals surface area contributed by atoms with E-state index >= 15 is 0 Å². The lowest BCUT2D eigenvalue weighted by molar-refractivity contribution is -0.258. The first-order valence-corrected chi connectivity index (χ1v) is 7.71. The predicted octanol–water partition coefficient (Wildman–Crippen LogP) is 1.27. The molecule has 1 unspecified atom stereocenters. The summed E-state index contributed by atoms with van der Waals surface area (Å²) >= 11 is 0. The molecule has 1 aliphatic rings. The summed E-state index contributed by atoms with van der Waals surface area (Å²) in [6.45, 7) is 7.95. The van der Waals surface area contributed by atoms with Gasteiger partial charge in [0.2, 0.25) is 0 Å². The Hall–Kier alpha value is -0.890. The van der Waals surface area contributed by atoms with Gasteiger partial charge in [-0.1, -0.05) is 0 Å². The summed E-state index contributed by atoms with van der Waals surface area (Å²) in [5.74, 6) is -0.642. The van der Waals surface area contributed by atoms with Crippen LogP contribution in [-0.4, -0.2) is 64.0 Å². The van der Waals surface area contributed by atoms with Crippen LogP contribution in [0.5, 0.6) is 0 Å². The quantitative estimate of drug-likeness (QED) is 0.544. The van der Waals surface area contributed by atoms with Crippen LogP contribution in [0.1, 0.15) is 33.6 Å². The fourth-order valence-electron chi connectivity index (χ4n) is 2.37. The minimum absolute atomic E-state index is 0.0298. The Labute approximate surface area is 133 Å². The maximum atomic E-state index is 11.5. The molecule has 0 aliphatic carbocycles. The molecule has 7 heteroatoms. The summed E-state index contributed by atoms with van der Waals surface area (Å²) in [6, 6.07) is -0.0298. The molecule has 1 amide bonds. The van der Waals surface area contributed by atoms with Crippen molar-refractivity contribution < 1.29 is 23.7 Å². The number of hydrogen-bond acceptors (Lipinski definition) is 6. The number of methoxy groups -OCH3 is 2. The zero-order valence-electron chi connectivity index (χ0n) is 14.4. The van der Waals surface area contributed by atoms with E-state index in [9.17, 15) is 4.79 Å². The van der Waals surface area contributed by atoms with Crippen LogP contribution < -0.4 is 10.6 Å². The molecule has 0 spiro atoms. The number of rotatable bonds is 7. The minimum atomic E-state index is -0.642. The number of amides is 1. The zero-order chi connectivity index (χ0) is 16.6. The topological polar surface area (TPSA) is 78.0 Å². The summed E-state index contributed by atoms with van der Waals surface area (Å²) in [4.78, 5) is 11.5. The SMILES string of the molecule is COC1(OC)CCOCC1NCCCNC(=O)OC(C)(C)C. The maximum absolute atomic E-state index is 11.5. The van der Waals surface area contributed by atoms with Gasteiger partial charge in [0.05, 0.1) is 19.3 Å². The molecule has 0 bridgehead atoms. The molecule has 0 aromatic rings. The molecule has 2 N–H and O–H groups in total. The van der Waals surface area contributed by atoms with Crippen molar-refractivity contribution in [3.63, 3.8) is 0 Å². The molecular formula is C15H30N2O5. The summed E-state index contributed by atoms with van der Waals surface area (Å²) in [5.41, 5.74) is -0.474. The van der Waals surface area contributed by atoms with Crippen LogP contribution >= 0.6 is 0 Å². The first-order chi connectivity index (χ1) is 10.3. The highest BCUT2D eigenvalue weighted by Crippen LogP contribution is 2.25. The molecule has 0 saturated carbocycles. The Morgan fingerprint density at radius 3 is 2.55 bits per heavy atom. The van der Waals surface area contributed by atoms with Gasteiger partial charge in [0.25, 0.3) is 0 Å². The lowest BCUT2D eigenvalue weighted by Crippen LogP contribution is -2.59. The van der Waals surface area contributed by atoms with Crippen LogP contribution in [-0.2, 0) is 18.9 Å². The van der Waals surface area contributed by atoms with Crippen molar-refractivity contribution in [3.05, 3.63) is 0 Å². The van der Waals surface area contributed by atoms with Gasteiger partial charge in [-0.25, -0.2) is 4.79 Å². The molecule has 22 heavy (non-hydrogen) atoms. The van der Waals surface area contributed by atoms with E-state index < -0.39 is 17.5 Å². The lowest BCUT2D eigenvalue weighted by Gasteiger charge is -2.41. The van der Waals surface area contributed by atoms with Crippen molar-refractivity contribution in [2.75, 3.05) is 40.5 Å². The molecule has 1 aliphatic heterocycles. The summed E-state index contributed by atoms with van der Waals surface area (Å²) in [5, 5.41) is 6.10. The lowest BCUT2D eigenvalue weighted by atomic mass is 10.0. The van der Waals surface area contributed by atoms with Crippen molar-refractivity contribution in [2.24, 2.45) is 0 Å². The molecule has 130 valence electrons. The van der Waals surface area contributed by atoms with Crippen molar-refractivity contribution in [2.45, 2.75) is 51.0 Å². The van der Waals surface area contributed by atoms with Gasteiger partial charge in [-0.3, -0.25) is 0 Å². The molecule has 1 rings (SSSR count). The fourth-order valence-corrected chi connectivity index (χ4v) is 2.37. The number of carbonyl (C=O) groups is 1. The number of nitrogens with one attached hydrogen (secondary N) is 2. The number of ether oxygens (including phenoxy) is 4. The second-order valence-electron chi connectivity index (χ2n) is 6.33. The molecule has 1 fully saturated rings.